The SMILES string of the molecule is C#CC(=O)NCCNC(=O)c1cnn(Cc2cc(OC)c3c(NSc4cc(CC)ccc4OC)noc3c2)c1. The number of benzene rings is 2. The van der Waals surface area contributed by atoms with Gasteiger partial charge in [-0.1, -0.05) is 18.1 Å². The third-order valence-electron chi connectivity index (χ3n) is 5.78. The van der Waals surface area contributed by atoms with Gasteiger partial charge in [0.05, 0.1) is 37.4 Å². The predicted molar refractivity (Wildman–Crippen MR) is 148 cm³/mol. The van der Waals surface area contributed by atoms with Crippen LogP contribution in [0.2, 0.25) is 0 Å². The first-order valence-electron chi connectivity index (χ1n) is 12.1. The molecule has 2 heterocycles. The van der Waals surface area contributed by atoms with Gasteiger partial charge in [-0.25, -0.2) is 0 Å². The van der Waals surface area contributed by atoms with E-state index in [1.807, 2.05) is 30.2 Å². The summed E-state index contributed by atoms with van der Waals surface area (Å²) in [5.74, 6) is 2.98. The van der Waals surface area contributed by atoms with E-state index < -0.39 is 5.91 Å². The first kappa shape index (κ1) is 27.4. The zero-order chi connectivity index (χ0) is 27.8. The van der Waals surface area contributed by atoms with Crippen molar-refractivity contribution in [1.29, 1.82) is 0 Å². The fourth-order valence-electron chi connectivity index (χ4n) is 3.80. The maximum absolute atomic E-state index is 12.4. The van der Waals surface area contributed by atoms with Gasteiger partial charge in [0, 0.05) is 19.3 Å². The first-order chi connectivity index (χ1) is 18.9. The molecule has 4 rings (SSSR count). The Kier molecular flexibility index (Phi) is 8.96. The molecule has 0 unspecified atom stereocenters. The molecule has 2 aromatic heterocycles. The molecule has 11 nitrogen and oxygen atoms in total. The second-order valence-corrected chi connectivity index (χ2v) is 9.18. The summed E-state index contributed by atoms with van der Waals surface area (Å²) < 4.78 is 21.6. The van der Waals surface area contributed by atoms with Crippen LogP contribution in [0.5, 0.6) is 11.5 Å². The van der Waals surface area contributed by atoms with Crippen LogP contribution >= 0.6 is 11.9 Å². The summed E-state index contributed by atoms with van der Waals surface area (Å²) in [6.45, 7) is 2.94. The van der Waals surface area contributed by atoms with E-state index in [-0.39, 0.29) is 19.0 Å². The van der Waals surface area contributed by atoms with E-state index in [9.17, 15) is 9.59 Å². The average Bonchev–Trinajstić information content (AvgIpc) is 3.60. The number of ether oxygens (including phenoxy) is 2. The normalized spacial score (nSPS) is 10.6. The van der Waals surface area contributed by atoms with E-state index in [1.54, 1.807) is 25.1 Å². The Morgan fingerprint density at radius 1 is 1.10 bits per heavy atom. The van der Waals surface area contributed by atoms with E-state index in [1.165, 1.54) is 23.7 Å². The molecule has 0 spiro atoms. The van der Waals surface area contributed by atoms with E-state index in [4.69, 9.17) is 20.4 Å². The van der Waals surface area contributed by atoms with Gasteiger partial charge in [-0.05, 0) is 59.7 Å². The summed E-state index contributed by atoms with van der Waals surface area (Å²) in [4.78, 5) is 24.4. The predicted octanol–water partition coefficient (Wildman–Crippen LogP) is 3.25. The number of carbonyl (C=O) groups excluding carboxylic acids is 2. The Morgan fingerprint density at radius 2 is 1.90 bits per heavy atom. The van der Waals surface area contributed by atoms with Crippen LogP contribution in [0, 0.1) is 12.3 Å². The van der Waals surface area contributed by atoms with Crippen molar-refractivity contribution in [3.05, 3.63) is 59.4 Å². The summed E-state index contributed by atoms with van der Waals surface area (Å²) in [6, 6.07) is 9.79. The maximum atomic E-state index is 12.4. The Balaban J connectivity index is 1.44. The van der Waals surface area contributed by atoms with E-state index in [2.05, 4.69) is 38.6 Å². The summed E-state index contributed by atoms with van der Waals surface area (Å²) in [5, 5.41) is 14.4. The Bertz CT molecular complexity index is 1520. The van der Waals surface area contributed by atoms with Crippen molar-refractivity contribution in [3.63, 3.8) is 0 Å². The van der Waals surface area contributed by atoms with Crippen molar-refractivity contribution in [2.45, 2.75) is 24.8 Å². The number of terminal acetylenes is 1. The Morgan fingerprint density at radius 3 is 2.64 bits per heavy atom. The van der Waals surface area contributed by atoms with Crippen LogP contribution in [0.1, 0.15) is 28.4 Å². The highest BCUT2D eigenvalue weighted by Crippen LogP contribution is 2.37. The van der Waals surface area contributed by atoms with Gasteiger partial charge in [0.15, 0.2) is 11.4 Å². The molecular weight excluding hydrogens is 520 g/mol. The first-order valence-corrected chi connectivity index (χ1v) is 12.9. The van der Waals surface area contributed by atoms with Crippen molar-refractivity contribution in [1.82, 2.24) is 25.6 Å². The summed E-state index contributed by atoms with van der Waals surface area (Å²) in [7, 11) is 3.22. The number of hydrogen-bond donors (Lipinski definition) is 3. The van der Waals surface area contributed by atoms with Crippen molar-refractivity contribution >= 4 is 40.5 Å². The number of fused-ring (bicyclic) bond motifs is 1. The van der Waals surface area contributed by atoms with Crippen LogP contribution in [-0.4, -0.2) is 54.1 Å². The van der Waals surface area contributed by atoms with Crippen LogP contribution in [0.4, 0.5) is 5.82 Å². The zero-order valence-electron chi connectivity index (χ0n) is 21.7. The number of rotatable bonds is 12. The summed E-state index contributed by atoms with van der Waals surface area (Å²) >= 11 is 1.38. The molecule has 0 saturated carbocycles. The lowest BCUT2D eigenvalue weighted by atomic mass is 10.1. The topological polar surface area (TPSA) is 133 Å². The molecular formula is C27H28N6O5S. The number of anilines is 1. The minimum atomic E-state index is -0.528. The van der Waals surface area contributed by atoms with Crippen LogP contribution in [-0.2, 0) is 17.8 Å². The van der Waals surface area contributed by atoms with E-state index >= 15 is 0 Å². The van der Waals surface area contributed by atoms with Gasteiger partial charge >= 0.3 is 0 Å². The van der Waals surface area contributed by atoms with Gasteiger partial charge in [-0.2, -0.15) is 5.10 Å². The fraction of sp³-hybridized carbons (Fsp3) is 0.259. The molecule has 2 amide bonds. The number of methoxy groups -OCH3 is 2. The summed E-state index contributed by atoms with van der Waals surface area (Å²) in [6.07, 6.45) is 9.01. The molecule has 0 bridgehead atoms. The number of aryl methyl sites for hydroxylation is 1. The highest BCUT2D eigenvalue weighted by atomic mass is 32.2. The molecule has 39 heavy (non-hydrogen) atoms. The van der Waals surface area contributed by atoms with Crippen molar-refractivity contribution < 1.29 is 23.6 Å². The minimum Gasteiger partial charge on any atom is -0.496 e. The van der Waals surface area contributed by atoms with Crippen LogP contribution in [0.15, 0.2) is 52.1 Å². The van der Waals surface area contributed by atoms with E-state index in [0.29, 0.717) is 34.6 Å². The number of hydrogen-bond acceptors (Lipinski definition) is 9. The number of nitrogens with one attached hydrogen (secondary N) is 3. The molecule has 0 atom stereocenters. The molecule has 0 radical (unpaired) electrons. The van der Waals surface area contributed by atoms with Gasteiger partial charge in [-0.15, -0.1) is 6.42 Å². The quantitative estimate of drug-likeness (QED) is 0.139. The third-order valence-corrected chi connectivity index (χ3v) is 6.61. The molecule has 0 aliphatic carbocycles. The maximum Gasteiger partial charge on any atom is 0.295 e. The van der Waals surface area contributed by atoms with Crippen molar-refractivity contribution in [2.24, 2.45) is 0 Å². The lowest BCUT2D eigenvalue weighted by Gasteiger charge is -2.11. The molecule has 0 aliphatic rings. The van der Waals surface area contributed by atoms with Crippen molar-refractivity contribution in [2.75, 3.05) is 32.0 Å². The zero-order valence-corrected chi connectivity index (χ0v) is 22.6. The molecule has 0 aliphatic heterocycles. The smallest absolute Gasteiger partial charge is 0.295 e. The second kappa shape index (κ2) is 12.7. The van der Waals surface area contributed by atoms with Gasteiger partial charge < -0.3 is 29.4 Å². The number of amides is 2. The second-order valence-electron chi connectivity index (χ2n) is 8.33. The monoisotopic (exact) mass is 548 g/mol. The fourth-order valence-corrected chi connectivity index (χ4v) is 4.60. The summed E-state index contributed by atoms with van der Waals surface area (Å²) in [5.41, 5.74) is 2.97. The molecule has 3 N–H and O–H groups in total. The molecule has 12 heteroatoms. The standard InChI is InChI=1S/C27H28N6O5S/c1-5-17-7-8-20(36-3)23(13-17)39-32-26-25-21(37-4)11-18(12-22(25)38-31-26)15-33-16-19(14-30-33)27(35)29-10-9-28-24(34)6-2/h2,7-8,11-14,16H,5,9-10,15H2,1,3-4H3,(H,28,34)(H,29,35)(H,31,32). The highest BCUT2D eigenvalue weighted by Gasteiger charge is 2.17. The lowest BCUT2D eigenvalue weighted by molar-refractivity contribution is -0.115. The van der Waals surface area contributed by atoms with Gasteiger partial charge in [0.2, 0.25) is 0 Å². The average molecular weight is 549 g/mol. The van der Waals surface area contributed by atoms with Gasteiger partial charge in [-0.3, -0.25) is 14.3 Å². The number of carbonyl (C=O) groups is 2. The molecule has 2 aromatic carbocycles. The Labute approximate surface area is 229 Å². The van der Waals surface area contributed by atoms with Gasteiger partial charge in [0.25, 0.3) is 11.8 Å². The van der Waals surface area contributed by atoms with Crippen molar-refractivity contribution in [3.8, 4) is 23.8 Å². The van der Waals surface area contributed by atoms with E-state index in [0.717, 1.165) is 22.6 Å². The van der Waals surface area contributed by atoms with Gasteiger partial charge in [0.1, 0.15) is 16.9 Å². The largest absolute Gasteiger partial charge is 0.496 e. The highest BCUT2D eigenvalue weighted by molar-refractivity contribution is 8.00. The van der Waals surface area contributed by atoms with Crippen LogP contribution in [0.25, 0.3) is 11.0 Å². The molecule has 0 fully saturated rings. The minimum absolute atomic E-state index is 0.230. The molecule has 202 valence electrons. The third kappa shape index (κ3) is 6.63. The Hall–Kier alpha value is -4.63. The van der Waals surface area contributed by atoms with Crippen LogP contribution in [0.3, 0.4) is 0 Å². The lowest BCUT2D eigenvalue weighted by Crippen LogP contribution is -2.34. The number of nitrogens with zero attached hydrogens (tertiary/aromatic N) is 3. The van der Waals surface area contributed by atoms with Crippen LogP contribution < -0.4 is 24.8 Å². The molecule has 0 saturated heterocycles. The number of aromatic nitrogens is 3. The molecule has 4 aromatic rings.